The SMILES string of the molecule is C=C(CCN)c1ccc2c(c1)CC(C)O2. The lowest BCUT2D eigenvalue weighted by Crippen LogP contribution is -2.05. The molecule has 0 fully saturated rings. The third kappa shape index (κ3) is 2.05. The summed E-state index contributed by atoms with van der Waals surface area (Å²) in [5.41, 5.74) is 9.11. The second-order valence-electron chi connectivity index (χ2n) is 4.10. The van der Waals surface area contributed by atoms with Gasteiger partial charge in [-0.1, -0.05) is 12.6 Å². The van der Waals surface area contributed by atoms with E-state index >= 15 is 0 Å². The molecule has 0 spiro atoms. The van der Waals surface area contributed by atoms with Gasteiger partial charge in [-0.3, -0.25) is 0 Å². The topological polar surface area (TPSA) is 35.2 Å². The van der Waals surface area contributed by atoms with Gasteiger partial charge in [-0.15, -0.1) is 0 Å². The van der Waals surface area contributed by atoms with E-state index in [4.69, 9.17) is 10.5 Å². The van der Waals surface area contributed by atoms with E-state index in [1.165, 1.54) is 11.1 Å². The summed E-state index contributed by atoms with van der Waals surface area (Å²) in [4.78, 5) is 0. The van der Waals surface area contributed by atoms with Gasteiger partial charge in [0.05, 0.1) is 0 Å². The normalized spacial score (nSPS) is 18.4. The van der Waals surface area contributed by atoms with Gasteiger partial charge >= 0.3 is 0 Å². The number of hydrogen-bond acceptors (Lipinski definition) is 2. The number of rotatable bonds is 3. The third-order valence-corrected chi connectivity index (χ3v) is 2.75. The van der Waals surface area contributed by atoms with E-state index in [9.17, 15) is 0 Å². The lowest BCUT2D eigenvalue weighted by molar-refractivity contribution is 0.254. The van der Waals surface area contributed by atoms with Crippen molar-refractivity contribution in [2.75, 3.05) is 6.54 Å². The number of ether oxygens (including phenoxy) is 1. The minimum atomic E-state index is 0.304. The fraction of sp³-hybridized carbons (Fsp3) is 0.385. The largest absolute Gasteiger partial charge is 0.490 e. The van der Waals surface area contributed by atoms with E-state index in [0.717, 1.165) is 24.2 Å². The molecule has 0 aromatic heterocycles. The lowest BCUT2D eigenvalue weighted by atomic mass is 10.0. The molecule has 1 aromatic rings. The van der Waals surface area contributed by atoms with Crippen LogP contribution in [0.2, 0.25) is 0 Å². The number of benzene rings is 1. The molecule has 0 amide bonds. The van der Waals surface area contributed by atoms with Crippen LogP contribution in [0.25, 0.3) is 5.57 Å². The van der Waals surface area contributed by atoms with Crippen molar-refractivity contribution in [1.29, 1.82) is 0 Å². The van der Waals surface area contributed by atoms with E-state index in [1.807, 2.05) is 6.07 Å². The zero-order chi connectivity index (χ0) is 10.8. The van der Waals surface area contributed by atoms with Crippen LogP contribution in [0.15, 0.2) is 24.8 Å². The molecule has 1 atom stereocenters. The van der Waals surface area contributed by atoms with Crippen molar-refractivity contribution in [3.05, 3.63) is 35.9 Å². The summed E-state index contributed by atoms with van der Waals surface area (Å²) in [5.74, 6) is 1.02. The van der Waals surface area contributed by atoms with Crippen molar-refractivity contribution in [3.63, 3.8) is 0 Å². The van der Waals surface area contributed by atoms with E-state index in [-0.39, 0.29) is 0 Å². The minimum Gasteiger partial charge on any atom is -0.490 e. The van der Waals surface area contributed by atoms with Crippen LogP contribution >= 0.6 is 0 Å². The van der Waals surface area contributed by atoms with Crippen LogP contribution in [0.4, 0.5) is 0 Å². The quantitative estimate of drug-likeness (QED) is 0.818. The fourth-order valence-electron chi connectivity index (χ4n) is 1.96. The molecule has 1 aliphatic rings. The molecule has 2 nitrogen and oxygen atoms in total. The molecular formula is C13H17NO. The Balaban J connectivity index is 2.23. The highest BCUT2D eigenvalue weighted by Crippen LogP contribution is 2.31. The maximum Gasteiger partial charge on any atom is 0.123 e. The van der Waals surface area contributed by atoms with Gasteiger partial charge in [-0.2, -0.15) is 0 Å². The Labute approximate surface area is 90.7 Å². The van der Waals surface area contributed by atoms with Gasteiger partial charge in [-0.25, -0.2) is 0 Å². The Bertz CT molecular complexity index is 384. The molecule has 2 N–H and O–H groups in total. The summed E-state index contributed by atoms with van der Waals surface area (Å²) in [6.45, 7) is 6.79. The highest BCUT2D eigenvalue weighted by Gasteiger charge is 2.18. The molecule has 0 aliphatic carbocycles. The highest BCUT2D eigenvalue weighted by molar-refractivity contribution is 5.65. The van der Waals surface area contributed by atoms with E-state index in [1.54, 1.807) is 0 Å². The van der Waals surface area contributed by atoms with Crippen molar-refractivity contribution in [2.45, 2.75) is 25.9 Å². The zero-order valence-corrected chi connectivity index (χ0v) is 9.12. The van der Waals surface area contributed by atoms with Gasteiger partial charge in [-0.05, 0) is 48.7 Å². The number of fused-ring (bicyclic) bond motifs is 1. The minimum absolute atomic E-state index is 0.304. The monoisotopic (exact) mass is 203 g/mol. The Morgan fingerprint density at radius 3 is 3.13 bits per heavy atom. The Morgan fingerprint density at radius 1 is 1.60 bits per heavy atom. The van der Waals surface area contributed by atoms with Crippen molar-refractivity contribution in [3.8, 4) is 5.75 Å². The molecule has 2 heteroatoms. The first kappa shape index (κ1) is 10.2. The summed E-state index contributed by atoms with van der Waals surface area (Å²) in [7, 11) is 0. The van der Waals surface area contributed by atoms with Crippen LogP contribution < -0.4 is 10.5 Å². The van der Waals surface area contributed by atoms with Gasteiger partial charge in [0.15, 0.2) is 0 Å². The van der Waals surface area contributed by atoms with Crippen LogP contribution in [-0.4, -0.2) is 12.6 Å². The van der Waals surface area contributed by atoms with E-state index < -0.39 is 0 Å². The molecule has 0 saturated heterocycles. The molecule has 2 rings (SSSR count). The zero-order valence-electron chi connectivity index (χ0n) is 9.12. The van der Waals surface area contributed by atoms with Crippen LogP contribution in [0, 0.1) is 0 Å². The summed E-state index contributed by atoms with van der Waals surface area (Å²) in [6.07, 6.45) is 2.16. The van der Waals surface area contributed by atoms with Crippen LogP contribution in [0.3, 0.4) is 0 Å². The smallest absolute Gasteiger partial charge is 0.123 e. The second-order valence-corrected chi connectivity index (χ2v) is 4.10. The summed E-state index contributed by atoms with van der Waals surface area (Å²) < 4.78 is 5.65. The maximum atomic E-state index is 5.65. The fourth-order valence-corrected chi connectivity index (χ4v) is 1.96. The molecule has 0 bridgehead atoms. The van der Waals surface area contributed by atoms with Gasteiger partial charge in [0.25, 0.3) is 0 Å². The first-order valence-corrected chi connectivity index (χ1v) is 5.38. The van der Waals surface area contributed by atoms with Gasteiger partial charge in [0.2, 0.25) is 0 Å². The van der Waals surface area contributed by atoms with Crippen LogP contribution in [0.1, 0.15) is 24.5 Å². The van der Waals surface area contributed by atoms with Crippen molar-refractivity contribution in [1.82, 2.24) is 0 Å². The Morgan fingerprint density at radius 2 is 2.40 bits per heavy atom. The van der Waals surface area contributed by atoms with E-state index in [0.29, 0.717) is 12.6 Å². The Kier molecular flexibility index (Phi) is 2.78. The highest BCUT2D eigenvalue weighted by atomic mass is 16.5. The molecule has 80 valence electrons. The molecule has 1 heterocycles. The second kappa shape index (κ2) is 4.07. The standard InChI is InChI=1S/C13H17NO/c1-9(5-6-14)11-3-4-13-12(8-11)7-10(2)15-13/h3-4,8,10H,1,5-7,14H2,2H3. The average molecular weight is 203 g/mol. The Hall–Kier alpha value is -1.28. The summed E-state index contributed by atoms with van der Waals surface area (Å²) in [5, 5.41) is 0. The number of nitrogens with two attached hydrogens (primary N) is 1. The molecule has 1 unspecified atom stereocenters. The lowest BCUT2D eigenvalue weighted by Gasteiger charge is -2.06. The maximum absolute atomic E-state index is 5.65. The average Bonchev–Trinajstić information content (AvgIpc) is 2.57. The molecule has 1 aliphatic heterocycles. The molecule has 15 heavy (non-hydrogen) atoms. The van der Waals surface area contributed by atoms with Crippen molar-refractivity contribution < 1.29 is 4.74 Å². The summed E-state index contributed by atoms with van der Waals surface area (Å²) in [6, 6.07) is 6.28. The van der Waals surface area contributed by atoms with Gasteiger partial charge in [0, 0.05) is 6.42 Å². The van der Waals surface area contributed by atoms with Crippen LogP contribution in [-0.2, 0) is 6.42 Å². The first-order chi connectivity index (χ1) is 7.20. The van der Waals surface area contributed by atoms with Gasteiger partial charge in [0.1, 0.15) is 11.9 Å². The van der Waals surface area contributed by atoms with Crippen LogP contribution in [0.5, 0.6) is 5.75 Å². The predicted octanol–water partition coefficient (Wildman–Crippen LogP) is 2.37. The number of hydrogen-bond donors (Lipinski definition) is 1. The summed E-state index contributed by atoms with van der Waals surface area (Å²) >= 11 is 0. The van der Waals surface area contributed by atoms with E-state index in [2.05, 4.69) is 25.6 Å². The molecular weight excluding hydrogens is 186 g/mol. The van der Waals surface area contributed by atoms with Crippen molar-refractivity contribution in [2.24, 2.45) is 5.73 Å². The molecule has 1 aromatic carbocycles. The van der Waals surface area contributed by atoms with Crippen molar-refractivity contribution >= 4 is 5.57 Å². The third-order valence-electron chi connectivity index (χ3n) is 2.75. The van der Waals surface area contributed by atoms with Gasteiger partial charge < -0.3 is 10.5 Å². The molecule has 0 saturated carbocycles. The predicted molar refractivity (Wildman–Crippen MR) is 62.9 cm³/mol. The first-order valence-electron chi connectivity index (χ1n) is 5.38. The molecule has 0 radical (unpaired) electrons.